The predicted octanol–water partition coefficient (Wildman–Crippen LogP) is 5.36. The average Bonchev–Trinajstić information content (AvgIpc) is 3.36. The van der Waals surface area contributed by atoms with Gasteiger partial charge in [0.2, 0.25) is 0 Å². The molecule has 0 spiro atoms. The highest BCUT2D eigenvalue weighted by Crippen LogP contribution is 2.45. The molecule has 3 saturated heterocycles. The van der Waals surface area contributed by atoms with Gasteiger partial charge in [0.05, 0.1) is 17.1 Å². The van der Waals surface area contributed by atoms with Gasteiger partial charge >= 0.3 is 12.1 Å². The average molecular weight is 578 g/mol. The van der Waals surface area contributed by atoms with Gasteiger partial charge in [-0.05, 0) is 67.4 Å². The van der Waals surface area contributed by atoms with Gasteiger partial charge in [0.1, 0.15) is 23.7 Å². The third kappa shape index (κ3) is 4.36. The molecule has 4 aromatic rings. The lowest BCUT2D eigenvalue weighted by atomic mass is 9.87. The first kappa shape index (κ1) is 26.0. The van der Waals surface area contributed by atoms with Crippen molar-refractivity contribution in [3.05, 3.63) is 53.3 Å². The number of hydrogen-bond acceptors (Lipinski definition) is 7. The van der Waals surface area contributed by atoms with Crippen molar-refractivity contribution < 1.29 is 24.1 Å². The number of piperidine rings is 1. The van der Waals surface area contributed by atoms with E-state index in [1.165, 1.54) is 11.0 Å². The highest BCUT2D eigenvalue weighted by Gasteiger charge is 2.47. The predicted molar refractivity (Wildman–Crippen MR) is 155 cm³/mol. The summed E-state index contributed by atoms with van der Waals surface area (Å²) in [5.74, 6) is -0.143. The van der Waals surface area contributed by atoms with E-state index in [0.29, 0.717) is 36.5 Å². The number of anilines is 1. The van der Waals surface area contributed by atoms with Crippen molar-refractivity contribution in [2.45, 2.75) is 37.4 Å². The van der Waals surface area contributed by atoms with E-state index in [1.54, 1.807) is 12.1 Å². The summed E-state index contributed by atoms with van der Waals surface area (Å²) in [6.07, 6.45) is 1.95. The number of aromatic nitrogens is 2. The highest BCUT2D eigenvalue weighted by molar-refractivity contribution is 6.35. The Morgan fingerprint density at radius 1 is 1.15 bits per heavy atom. The molecule has 41 heavy (non-hydrogen) atoms. The molecule has 0 radical (unpaired) electrons. The van der Waals surface area contributed by atoms with Gasteiger partial charge in [-0.25, -0.2) is 9.18 Å². The third-order valence-corrected chi connectivity index (χ3v) is 9.04. The van der Waals surface area contributed by atoms with Crippen molar-refractivity contribution in [1.29, 1.82) is 0 Å². The van der Waals surface area contributed by atoms with Gasteiger partial charge in [-0.1, -0.05) is 35.9 Å². The zero-order valence-electron chi connectivity index (χ0n) is 22.4. The van der Waals surface area contributed by atoms with Crippen LogP contribution >= 0.6 is 11.6 Å². The third-order valence-electron chi connectivity index (χ3n) is 8.74. The maximum absolute atomic E-state index is 16.7. The summed E-state index contributed by atoms with van der Waals surface area (Å²) in [4.78, 5) is 26.6. The van der Waals surface area contributed by atoms with Crippen molar-refractivity contribution in [2.75, 3.05) is 38.2 Å². The molecule has 2 bridgehead atoms. The summed E-state index contributed by atoms with van der Waals surface area (Å²) < 4.78 is 22.8. The fourth-order valence-corrected chi connectivity index (χ4v) is 6.94. The van der Waals surface area contributed by atoms with Crippen LogP contribution in [0.25, 0.3) is 32.8 Å². The SMILES string of the molecule is CN1CCC[C@H]1COc1nc(N2[C@H]3C[C@H]2CN(C(=O)O)C3)c2cc(Cl)c(-c3cc(O)cc4ccccc34)c(F)c2n1. The van der Waals surface area contributed by atoms with E-state index in [0.717, 1.165) is 36.6 Å². The Morgan fingerprint density at radius 2 is 1.93 bits per heavy atom. The van der Waals surface area contributed by atoms with Gasteiger partial charge in [0.25, 0.3) is 0 Å². The number of benzene rings is 3. The number of ether oxygens (including phenoxy) is 1. The molecule has 7 rings (SSSR count). The first-order valence-electron chi connectivity index (χ1n) is 13.8. The quantitative estimate of drug-likeness (QED) is 0.327. The molecule has 0 aliphatic carbocycles. The van der Waals surface area contributed by atoms with E-state index in [2.05, 4.69) is 21.8 Å². The van der Waals surface area contributed by atoms with Gasteiger partial charge in [0, 0.05) is 30.1 Å². The molecule has 3 aliphatic rings. The molecule has 0 saturated carbocycles. The Labute approximate surface area is 240 Å². The largest absolute Gasteiger partial charge is 0.508 e. The molecule has 3 aliphatic heterocycles. The molecule has 11 heteroatoms. The number of piperazine rings is 1. The van der Waals surface area contributed by atoms with Gasteiger partial charge < -0.3 is 29.6 Å². The number of hydrogen-bond donors (Lipinski definition) is 2. The van der Waals surface area contributed by atoms with Crippen molar-refractivity contribution in [2.24, 2.45) is 0 Å². The number of phenols is 1. The van der Waals surface area contributed by atoms with Gasteiger partial charge in [-0.2, -0.15) is 9.97 Å². The summed E-state index contributed by atoms with van der Waals surface area (Å²) in [5, 5.41) is 22.1. The Balaban J connectivity index is 1.38. The van der Waals surface area contributed by atoms with Crippen molar-refractivity contribution in [3.63, 3.8) is 0 Å². The second kappa shape index (κ2) is 9.88. The van der Waals surface area contributed by atoms with Crippen LogP contribution in [0, 0.1) is 5.82 Å². The van der Waals surface area contributed by atoms with Crippen LogP contribution in [0.15, 0.2) is 42.5 Å². The summed E-state index contributed by atoms with van der Waals surface area (Å²) >= 11 is 6.80. The minimum atomic E-state index is -0.950. The van der Waals surface area contributed by atoms with Crippen LogP contribution in [0.5, 0.6) is 11.8 Å². The molecule has 1 amide bonds. The lowest BCUT2D eigenvalue weighted by Gasteiger charge is -2.56. The molecular weight excluding hydrogens is 549 g/mol. The van der Waals surface area contributed by atoms with Crippen molar-refractivity contribution in [3.8, 4) is 22.9 Å². The maximum atomic E-state index is 16.7. The lowest BCUT2D eigenvalue weighted by Crippen LogP contribution is -2.70. The standard InChI is InChI=1S/C30H29ClFN5O4/c1-35-8-4-6-17(35)15-41-29-33-27-23(28(34-29)37-18-10-19(37)14-36(13-18)30(39)40)12-24(31)25(26(27)32)22-11-20(38)9-16-5-2-3-7-21(16)22/h2-3,5,7,9,11-12,17-19,38H,4,6,8,10,13-15H2,1H3,(H,39,40)/t17-,18-,19-/m0/s1. The zero-order valence-corrected chi connectivity index (χ0v) is 23.2. The van der Waals surface area contributed by atoms with E-state index in [9.17, 15) is 15.0 Å². The van der Waals surface area contributed by atoms with Gasteiger partial charge in [-0.3, -0.25) is 0 Å². The van der Waals surface area contributed by atoms with E-state index < -0.39 is 11.9 Å². The number of likely N-dealkylation sites (N-methyl/N-ethyl adjacent to an activating group) is 1. The number of rotatable bonds is 5. The molecule has 0 unspecified atom stereocenters. The molecule has 9 nitrogen and oxygen atoms in total. The van der Waals surface area contributed by atoms with E-state index >= 15 is 4.39 Å². The van der Waals surface area contributed by atoms with Crippen LogP contribution < -0.4 is 9.64 Å². The Hall–Kier alpha value is -3.89. The molecule has 1 aromatic heterocycles. The summed E-state index contributed by atoms with van der Waals surface area (Å²) in [7, 11) is 2.05. The molecular formula is C30H29ClFN5O4. The molecule has 2 N–H and O–H groups in total. The number of carboxylic acid groups (broad SMARTS) is 1. The first-order chi connectivity index (χ1) is 19.8. The topological polar surface area (TPSA) is 102 Å². The van der Waals surface area contributed by atoms with Crippen LogP contribution in [0.3, 0.4) is 0 Å². The number of aromatic hydroxyl groups is 1. The van der Waals surface area contributed by atoms with E-state index in [-0.39, 0.29) is 46.0 Å². The molecule has 3 fully saturated rings. The van der Waals surface area contributed by atoms with Gasteiger partial charge in [0.15, 0.2) is 5.82 Å². The fourth-order valence-electron chi connectivity index (χ4n) is 6.64. The van der Waals surface area contributed by atoms with Crippen LogP contribution in [0.2, 0.25) is 5.02 Å². The number of carbonyl (C=O) groups is 1. The first-order valence-corrected chi connectivity index (χ1v) is 14.2. The second-order valence-corrected chi connectivity index (χ2v) is 11.6. The van der Waals surface area contributed by atoms with Crippen LogP contribution in [-0.2, 0) is 0 Å². The summed E-state index contributed by atoms with van der Waals surface area (Å²) in [6, 6.07) is 12.3. The Morgan fingerprint density at radius 3 is 2.66 bits per heavy atom. The highest BCUT2D eigenvalue weighted by atomic mass is 35.5. The normalized spacial score (nSPS) is 22.4. The Bertz CT molecular complexity index is 1690. The molecule has 212 valence electrons. The van der Waals surface area contributed by atoms with Crippen LogP contribution in [0.4, 0.5) is 15.0 Å². The number of halogens is 2. The number of amides is 1. The lowest BCUT2D eigenvalue weighted by molar-refractivity contribution is 0.0927. The van der Waals surface area contributed by atoms with Crippen LogP contribution in [-0.4, -0.2) is 87.5 Å². The minimum Gasteiger partial charge on any atom is -0.508 e. The van der Waals surface area contributed by atoms with Crippen molar-refractivity contribution >= 4 is 45.2 Å². The summed E-state index contributed by atoms with van der Waals surface area (Å²) in [6.45, 7) is 2.04. The molecule has 4 heterocycles. The monoisotopic (exact) mass is 577 g/mol. The van der Waals surface area contributed by atoms with Gasteiger partial charge in [-0.15, -0.1) is 0 Å². The van der Waals surface area contributed by atoms with E-state index in [1.807, 2.05) is 24.3 Å². The van der Waals surface area contributed by atoms with E-state index in [4.69, 9.17) is 21.3 Å². The molecule has 3 aromatic carbocycles. The number of nitrogens with zero attached hydrogens (tertiary/aromatic N) is 5. The zero-order chi connectivity index (χ0) is 28.4. The second-order valence-electron chi connectivity index (χ2n) is 11.2. The fraction of sp³-hybridized carbons (Fsp3) is 0.367. The smallest absolute Gasteiger partial charge is 0.407 e. The summed E-state index contributed by atoms with van der Waals surface area (Å²) in [5.41, 5.74) is 0.660. The number of fused-ring (bicyclic) bond motifs is 4. The molecule has 3 atom stereocenters. The minimum absolute atomic E-state index is 0.00117. The number of phenolic OH excluding ortho intramolecular Hbond substituents is 1. The van der Waals surface area contributed by atoms with Crippen LogP contribution in [0.1, 0.15) is 19.3 Å². The number of likely N-dealkylation sites (tertiary alicyclic amines) is 2. The van der Waals surface area contributed by atoms with Crippen molar-refractivity contribution in [1.82, 2.24) is 19.8 Å². The Kier molecular flexibility index (Phi) is 6.28. The maximum Gasteiger partial charge on any atom is 0.407 e.